The van der Waals surface area contributed by atoms with Crippen molar-refractivity contribution in [3.63, 3.8) is 0 Å². The molecule has 0 bridgehead atoms. The number of benzene rings is 2. The summed E-state index contributed by atoms with van der Waals surface area (Å²) in [6.07, 6.45) is 5.48. The van der Waals surface area contributed by atoms with Crippen molar-refractivity contribution in [2.75, 3.05) is 64.1 Å². The summed E-state index contributed by atoms with van der Waals surface area (Å²) in [5, 5.41) is 10.4. The average molecular weight is 567 g/mol. The molecule has 1 amide bonds. The van der Waals surface area contributed by atoms with Crippen LogP contribution in [0.2, 0.25) is 0 Å². The number of hydrogen-bond acceptors (Lipinski definition) is 9. The summed E-state index contributed by atoms with van der Waals surface area (Å²) in [5.74, 6) is -1.03. The Hall–Kier alpha value is -4.36. The zero-order chi connectivity index (χ0) is 28.8. The monoisotopic (exact) mass is 566 g/mol. The van der Waals surface area contributed by atoms with Gasteiger partial charge in [-0.15, -0.1) is 0 Å². The van der Waals surface area contributed by atoms with Crippen molar-refractivity contribution in [2.45, 2.75) is 13.0 Å². The van der Waals surface area contributed by atoms with Gasteiger partial charge in [0.1, 0.15) is 18.7 Å². The Morgan fingerprint density at radius 1 is 1.10 bits per heavy atom. The molecule has 41 heavy (non-hydrogen) atoms. The van der Waals surface area contributed by atoms with Gasteiger partial charge >= 0.3 is 0 Å². The minimum atomic E-state index is -1.12. The van der Waals surface area contributed by atoms with Crippen molar-refractivity contribution < 1.29 is 23.0 Å². The number of amides is 1. The van der Waals surface area contributed by atoms with Crippen LogP contribution in [0.1, 0.15) is 6.42 Å². The molecule has 2 aromatic heterocycles. The van der Waals surface area contributed by atoms with E-state index < -0.39 is 17.5 Å². The fourth-order valence-corrected chi connectivity index (χ4v) is 4.57. The lowest BCUT2D eigenvalue weighted by molar-refractivity contribution is -0.116. The first-order chi connectivity index (χ1) is 19.9. The third-order valence-corrected chi connectivity index (χ3v) is 6.82. The van der Waals surface area contributed by atoms with E-state index in [1.807, 2.05) is 12.1 Å². The fraction of sp³-hybridized carbons (Fsp3) is 0.357. The Morgan fingerprint density at radius 3 is 2.73 bits per heavy atom. The molecule has 0 unspecified atom stereocenters. The number of methoxy groups -OCH3 is 1. The third-order valence-electron chi connectivity index (χ3n) is 6.82. The van der Waals surface area contributed by atoms with E-state index in [1.165, 1.54) is 29.3 Å². The van der Waals surface area contributed by atoms with E-state index in [-0.39, 0.29) is 12.2 Å². The first kappa shape index (κ1) is 28.2. The number of nitrogens with one attached hydrogen (secondary N) is 2. The van der Waals surface area contributed by atoms with Crippen LogP contribution in [-0.4, -0.2) is 88.9 Å². The van der Waals surface area contributed by atoms with Gasteiger partial charge in [0.2, 0.25) is 5.91 Å². The molecule has 11 nitrogen and oxygen atoms in total. The molecule has 0 saturated carbocycles. The molecule has 4 aromatic rings. The molecule has 216 valence electrons. The summed E-state index contributed by atoms with van der Waals surface area (Å²) in [4.78, 5) is 25.9. The summed E-state index contributed by atoms with van der Waals surface area (Å²) in [7, 11) is 3.73. The first-order valence-corrected chi connectivity index (χ1v) is 13.3. The lowest BCUT2D eigenvalue weighted by Gasteiger charge is -2.32. The maximum atomic E-state index is 13.9. The van der Waals surface area contributed by atoms with E-state index >= 15 is 0 Å². The highest BCUT2D eigenvalue weighted by Gasteiger charge is 2.16. The molecule has 0 atom stereocenters. The normalized spacial score (nSPS) is 14.2. The molecule has 2 N–H and O–H groups in total. The number of fused-ring (bicyclic) bond motifs is 1. The molecular formula is C28H32F2N8O3. The average Bonchev–Trinajstić information content (AvgIpc) is 3.40. The molecule has 0 radical (unpaired) electrons. The summed E-state index contributed by atoms with van der Waals surface area (Å²) < 4.78 is 40.3. The molecule has 1 saturated heterocycles. The van der Waals surface area contributed by atoms with Gasteiger partial charge in [0.25, 0.3) is 0 Å². The molecule has 3 heterocycles. The lowest BCUT2D eigenvalue weighted by Crippen LogP contribution is -2.44. The predicted octanol–water partition coefficient (Wildman–Crippen LogP) is 3.51. The number of halogens is 2. The van der Waals surface area contributed by atoms with Gasteiger partial charge in [-0.25, -0.2) is 18.7 Å². The number of likely N-dealkylation sites (N-methyl/N-ethyl adjacent to an activating group) is 1. The van der Waals surface area contributed by atoms with Crippen LogP contribution in [0.4, 0.5) is 26.0 Å². The van der Waals surface area contributed by atoms with Crippen LogP contribution >= 0.6 is 0 Å². The van der Waals surface area contributed by atoms with E-state index in [0.717, 1.165) is 45.2 Å². The molecule has 0 aliphatic carbocycles. The summed E-state index contributed by atoms with van der Waals surface area (Å²) in [6.45, 7) is 5.66. The highest BCUT2D eigenvalue weighted by Crippen LogP contribution is 2.34. The number of carbonyl (C=O) groups is 1. The van der Waals surface area contributed by atoms with E-state index in [9.17, 15) is 13.6 Å². The molecular weight excluding hydrogens is 534 g/mol. The molecule has 1 aliphatic heterocycles. The fourth-order valence-electron chi connectivity index (χ4n) is 4.57. The Bertz CT molecular complexity index is 1510. The molecule has 5 rings (SSSR count). The van der Waals surface area contributed by atoms with Crippen LogP contribution in [0.3, 0.4) is 0 Å². The van der Waals surface area contributed by atoms with Gasteiger partial charge in [-0.05, 0) is 31.7 Å². The van der Waals surface area contributed by atoms with Crippen LogP contribution in [0, 0.1) is 11.6 Å². The topological polar surface area (TPSA) is 110 Å². The molecule has 0 spiro atoms. The van der Waals surface area contributed by atoms with Crippen molar-refractivity contribution in [3.8, 4) is 11.5 Å². The highest BCUT2D eigenvalue weighted by atomic mass is 19.2. The van der Waals surface area contributed by atoms with E-state index in [0.29, 0.717) is 40.5 Å². The number of carbonyl (C=O) groups excluding carboxylic acids is 1. The molecule has 2 aromatic carbocycles. The second kappa shape index (κ2) is 12.9. The Morgan fingerprint density at radius 2 is 1.93 bits per heavy atom. The van der Waals surface area contributed by atoms with Crippen molar-refractivity contribution in [1.29, 1.82) is 0 Å². The first-order valence-electron chi connectivity index (χ1n) is 13.3. The molecule has 1 aliphatic rings. The Kier molecular flexibility index (Phi) is 8.85. The van der Waals surface area contributed by atoms with Crippen LogP contribution in [0.5, 0.6) is 11.5 Å². The molecule has 1 fully saturated rings. The van der Waals surface area contributed by atoms with Crippen LogP contribution in [-0.2, 0) is 11.3 Å². The number of rotatable bonds is 11. The maximum Gasteiger partial charge on any atom is 0.246 e. The number of piperazine rings is 1. The minimum Gasteiger partial charge on any atom is -0.493 e. The SMILES string of the molecule is COc1cc2c(Nc3cnn(CC(=O)Nc4cccc(F)c4F)c3)ncnc2cc1OCCCN1CCN(C)CC1. The van der Waals surface area contributed by atoms with Crippen molar-refractivity contribution >= 4 is 34.0 Å². The van der Waals surface area contributed by atoms with Crippen LogP contribution in [0.15, 0.2) is 49.1 Å². The lowest BCUT2D eigenvalue weighted by atomic mass is 10.2. The van der Waals surface area contributed by atoms with Gasteiger partial charge < -0.3 is 29.9 Å². The smallest absolute Gasteiger partial charge is 0.246 e. The van der Waals surface area contributed by atoms with Crippen LogP contribution < -0.4 is 20.1 Å². The number of nitrogens with zero attached hydrogens (tertiary/aromatic N) is 6. The summed E-state index contributed by atoms with van der Waals surface area (Å²) >= 11 is 0. The summed E-state index contributed by atoms with van der Waals surface area (Å²) in [6, 6.07) is 7.23. The second-order valence-corrected chi connectivity index (χ2v) is 9.79. The predicted molar refractivity (Wildman–Crippen MR) is 151 cm³/mol. The standard InChI is InChI=1S/C28H32F2N8O3/c1-36-8-10-37(11-9-36)7-4-12-41-25-14-23-20(13-24(25)40-2)28(32-18-31-23)34-19-15-33-38(16-19)17-26(39)35-22-6-3-5-21(29)27(22)30/h3,5-6,13-16,18H,4,7-12,17H2,1-2H3,(H,35,39)(H,31,32,34). The number of hydrogen-bond donors (Lipinski definition) is 2. The second-order valence-electron chi connectivity index (χ2n) is 9.79. The van der Waals surface area contributed by atoms with Gasteiger partial charge in [0.15, 0.2) is 23.1 Å². The largest absolute Gasteiger partial charge is 0.493 e. The van der Waals surface area contributed by atoms with Crippen molar-refractivity contribution in [3.05, 3.63) is 60.7 Å². The maximum absolute atomic E-state index is 13.9. The zero-order valence-corrected chi connectivity index (χ0v) is 22.9. The van der Waals surface area contributed by atoms with Gasteiger partial charge in [0.05, 0.1) is 36.8 Å². The van der Waals surface area contributed by atoms with Gasteiger partial charge in [-0.2, -0.15) is 5.10 Å². The molecule has 13 heteroatoms. The van der Waals surface area contributed by atoms with Gasteiger partial charge in [-0.3, -0.25) is 9.48 Å². The quantitative estimate of drug-likeness (QED) is 0.264. The minimum absolute atomic E-state index is 0.203. The number of ether oxygens (including phenoxy) is 2. The van der Waals surface area contributed by atoms with E-state index in [4.69, 9.17) is 9.47 Å². The van der Waals surface area contributed by atoms with Crippen molar-refractivity contribution in [2.24, 2.45) is 0 Å². The van der Waals surface area contributed by atoms with E-state index in [2.05, 4.69) is 42.5 Å². The van der Waals surface area contributed by atoms with Crippen LogP contribution in [0.25, 0.3) is 10.9 Å². The zero-order valence-electron chi connectivity index (χ0n) is 22.9. The third kappa shape index (κ3) is 7.05. The van der Waals surface area contributed by atoms with Crippen molar-refractivity contribution in [1.82, 2.24) is 29.5 Å². The number of aromatic nitrogens is 4. The van der Waals surface area contributed by atoms with Gasteiger partial charge in [-0.1, -0.05) is 6.07 Å². The van der Waals surface area contributed by atoms with Gasteiger partial charge in [0, 0.05) is 50.4 Å². The Labute approximate surface area is 236 Å². The summed E-state index contributed by atoms with van der Waals surface area (Å²) in [5.41, 5.74) is 1.000. The number of anilines is 3. The van der Waals surface area contributed by atoms with E-state index in [1.54, 1.807) is 13.3 Å². The highest BCUT2D eigenvalue weighted by molar-refractivity contribution is 5.93. The Balaban J connectivity index is 1.21.